The van der Waals surface area contributed by atoms with Crippen molar-refractivity contribution in [3.05, 3.63) is 42.2 Å². The first-order chi connectivity index (χ1) is 19.9. The smallest absolute Gasteiger partial charge is 0.410 e. The maximum atomic E-state index is 12.7. The van der Waals surface area contributed by atoms with Crippen molar-refractivity contribution in [2.75, 3.05) is 38.0 Å². The molecule has 1 aromatic carbocycles. The van der Waals surface area contributed by atoms with E-state index in [1.165, 1.54) is 12.0 Å². The number of carbonyl (C=O) groups excluding carboxylic acids is 1. The Morgan fingerprint density at radius 1 is 1.02 bits per heavy atom. The van der Waals surface area contributed by atoms with Crippen LogP contribution in [-0.2, 0) is 11.3 Å². The minimum absolute atomic E-state index is 0.218. The van der Waals surface area contributed by atoms with Gasteiger partial charge in [0, 0.05) is 68.7 Å². The summed E-state index contributed by atoms with van der Waals surface area (Å²) in [6.45, 7) is 9.01. The predicted molar refractivity (Wildman–Crippen MR) is 157 cm³/mol. The van der Waals surface area contributed by atoms with Crippen LogP contribution in [-0.4, -0.2) is 74.9 Å². The highest BCUT2D eigenvalue weighted by atomic mass is 19.4. The van der Waals surface area contributed by atoms with Gasteiger partial charge in [0.1, 0.15) is 11.2 Å². The first-order valence-electron chi connectivity index (χ1n) is 14.9. The van der Waals surface area contributed by atoms with Crippen molar-refractivity contribution >= 4 is 23.1 Å². The quantitative estimate of drug-likeness (QED) is 0.321. The van der Waals surface area contributed by atoms with Gasteiger partial charge in [-0.1, -0.05) is 43.5 Å². The molecule has 1 N–H and O–H groups in total. The summed E-state index contributed by atoms with van der Waals surface area (Å²) >= 11 is 0. The zero-order chi connectivity index (χ0) is 29.9. The van der Waals surface area contributed by atoms with Gasteiger partial charge in [-0.05, 0) is 44.7 Å². The number of ether oxygens (including phenoxy) is 1. The SMILES string of the molecule is CC(C)(C)OC(=O)N1CCN(Cc2ccc(-c3cn(C4CCCCC4)c4nc(NCCC(F)(F)F)ncc34)cc2)CC1. The van der Waals surface area contributed by atoms with Crippen molar-refractivity contribution in [2.24, 2.45) is 0 Å². The first kappa shape index (κ1) is 30.1. The second-order valence-corrected chi connectivity index (χ2v) is 12.4. The molecule has 0 spiro atoms. The summed E-state index contributed by atoms with van der Waals surface area (Å²) in [5.41, 5.74) is 3.52. The van der Waals surface area contributed by atoms with Gasteiger partial charge in [-0.2, -0.15) is 18.2 Å². The van der Waals surface area contributed by atoms with Crippen molar-refractivity contribution in [1.82, 2.24) is 24.3 Å². The van der Waals surface area contributed by atoms with E-state index in [2.05, 4.69) is 55.2 Å². The number of nitrogens with one attached hydrogen (secondary N) is 1. The van der Waals surface area contributed by atoms with Gasteiger partial charge >= 0.3 is 12.3 Å². The molecule has 1 amide bonds. The Morgan fingerprint density at radius 2 is 1.71 bits per heavy atom. The van der Waals surface area contributed by atoms with Crippen molar-refractivity contribution in [1.29, 1.82) is 0 Å². The number of aromatic nitrogens is 3. The van der Waals surface area contributed by atoms with Gasteiger partial charge < -0.3 is 19.5 Å². The number of carbonyl (C=O) groups is 1. The summed E-state index contributed by atoms with van der Waals surface area (Å²) < 4.78 is 45.7. The van der Waals surface area contributed by atoms with E-state index in [1.54, 1.807) is 11.1 Å². The number of hydrogen-bond acceptors (Lipinski definition) is 6. The van der Waals surface area contributed by atoms with Crippen molar-refractivity contribution in [2.45, 2.75) is 83.7 Å². The van der Waals surface area contributed by atoms with Gasteiger partial charge in [-0.25, -0.2) is 9.78 Å². The minimum atomic E-state index is -4.23. The molecule has 0 radical (unpaired) electrons. The van der Waals surface area contributed by atoms with Gasteiger partial charge in [0.25, 0.3) is 0 Å². The van der Waals surface area contributed by atoms with Gasteiger partial charge in [-0.15, -0.1) is 0 Å². The van der Waals surface area contributed by atoms with Crippen LogP contribution in [0.1, 0.15) is 70.9 Å². The van der Waals surface area contributed by atoms with Crippen LogP contribution in [0.25, 0.3) is 22.2 Å². The third-order valence-electron chi connectivity index (χ3n) is 7.93. The van der Waals surface area contributed by atoms with Crippen molar-refractivity contribution < 1.29 is 22.7 Å². The molecular weight excluding hydrogens is 545 g/mol. The van der Waals surface area contributed by atoms with Crippen LogP contribution < -0.4 is 5.32 Å². The topological polar surface area (TPSA) is 75.5 Å². The Bertz CT molecular complexity index is 1350. The molecule has 1 aliphatic carbocycles. The van der Waals surface area contributed by atoms with Crippen LogP contribution in [0.4, 0.5) is 23.9 Å². The summed E-state index contributed by atoms with van der Waals surface area (Å²) in [6, 6.07) is 8.80. The van der Waals surface area contributed by atoms with E-state index in [-0.39, 0.29) is 18.6 Å². The maximum Gasteiger partial charge on any atom is 0.410 e. The lowest BCUT2D eigenvalue weighted by Crippen LogP contribution is -2.49. The summed E-state index contributed by atoms with van der Waals surface area (Å²) in [7, 11) is 0. The molecule has 2 aliphatic rings. The van der Waals surface area contributed by atoms with Crippen LogP contribution >= 0.6 is 0 Å². The highest BCUT2D eigenvalue weighted by Gasteiger charge is 2.27. The van der Waals surface area contributed by atoms with E-state index < -0.39 is 18.2 Å². The number of benzene rings is 1. The molecule has 5 rings (SSSR count). The number of nitrogens with zero attached hydrogens (tertiary/aromatic N) is 5. The number of anilines is 1. The molecule has 0 bridgehead atoms. The summed E-state index contributed by atoms with van der Waals surface area (Å²) in [6.07, 6.45) is 4.09. The molecule has 8 nitrogen and oxygen atoms in total. The van der Waals surface area contributed by atoms with Crippen molar-refractivity contribution in [3.8, 4) is 11.1 Å². The van der Waals surface area contributed by atoms with Gasteiger partial charge in [0.05, 0.1) is 6.42 Å². The minimum Gasteiger partial charge on any atom is -0.444 e. The number of alkyl halides is 3. The molecule has 0 atom stereocenters. The zero-order valence-corrected chi connectivity index (χ0v) is 24.7. The third-order valence-corrected chi connectivity index (χ3v) is 7.93. The van der Waals surface area contributed by atoms with E-state index in [9.17, 15) is 18.0 Å². The molecule has 1 saturated heterocycles. The molecule has 228 valence electrons. The number of fused-ring (bicyclic) bond motifs is 1. The van der Waals surface area contributed by atoms with Crippen LogP contribution in [0.5, 0.6) is 0 Å². The maximum absolute atomic E-state index is 12.7. The number of piperazine rings is 1. The Labute approximate surface area is 245 Å². The summed E-state index contributed by atoms with van der Waals surface area (Å²) in [5.74, 6) is 0.218. The fourth-order valence-corrected chi connectivity index (χ4v) is 5.76. The Hall–Kier alpha value is -3.34. The normalized spacial score (nSPS) is 17.5. The van der Waals surface area contributed by atoms with Crippen LogP contribution in [0.15, 0.2) is 36.7 Å². The summed E-state index contributed by atoms with van der Waals surface area (Å²) in [4.78, 5) is 25.5. The number of amides is 1. The second-order valence-electron chi connectivity index (χ2n) is 12.4. The van der Waals surface area contributed by atoms with Gasteiger partial charge in [-0.3, -0.25) is 4.90 Å². The average molecular weight is 587 g/mol. The van der Waals surface area contributed by atoms with Crippen LogP contribution in [0.2, 0.25) is 0 Å². The van der Waals surface area contributed by atoms with E-state index >= 15 is 0 Å². The molecule has 11 heteroatoms. The molecule has 2 fully saturated rings. The summed E-state index contributed by atoms with van der Waals surface area (Å²) in [5, 5.41) is 3.64. The van der Waals surface area contributed by atoms with Gasteiger partial charge in [0.15, 0.2) is 0 Å². The lowest BCUT2D eigenvalue weighted by molar-refractivity contribution is -0.131. The number of halogens is 3. The lowest BCUT2D eigenvalue weighted by Gasteiger charge is -2.35. The molecule has 0 unspecified atom stereocenters. The molecule has 1 aliphatic heterocycles. The van der Waals surface area contributed by atoms with E-state index in [4.69, 9.17) is 4.74 Å². The van der Waals surface area contributed by atoms with Crippen LogP contribution in [0, 0.1) is 0 Å². The molecule has 42 heavy (non-hydrogen) atoms. The zero-order valence-electron chi connectivity index (χ0n) is 24.7. The molecular formula is C31H41F3N6O2. The highest BCUT2D eigenvalue weighted by molar-refractivity contribution is 5.94. The standard InChI is InChI=1S/C31H41F3N6O2/c1-30(2,3)42-29(41)39-17-15-38(16-18-39)20-22-9-11-23(12-10-22)26-21-40(24-7-5-4-6-8-24)27-25(26)19-36-28(37-27)35-14-13-31(32,33)34/h9-12,19,21,24H,4-8,13-18,20H2,1-3H3,(H,35,36,37). The Morgan fingerprint density at radius 3 is 2.36 bits per heavy atom. The van der Waals surface area contributed by atoms with Gasteiger partial charge in [0.2, 0.25) is 5.95 Å². The monoisotopic (exact) mass is 586 g/mol. The van der Waals surface area contributed by atoms with E-state index in [1.807, 2.05) is 20.8 Å². The number of rotatable bonds is 7. The average Bonchev–Trinajstić information content (AvgIpc) is 3.32. The molecule has 2 aromatic heterocycles. The fourth-order valence-electron chi connectivity index (χ4n) is 5.76. The molecule has 3 heterocycles. The third kappa shape index (κ3) is 7.73. The highest BCUT2D eigenvalue weighted by Crippen LogP contribution is 2.36. The van der Waals surface area contributed by atoms with E-state index in [0.717, 1.165) is 67.5 Å². The Balaban J connectivity index is 1.29. The Kier molecular flexibility index (Phi) is 8.96. The number of hydrogen-bond donors (Lipinski definition) is 1. The van der Waals surface area contributed by atoms with Crippen molar-refractivity contribution in [3.63, 3.8) is 0 Å². The first-order valence-corrected chi connectivity index (χ1v) is 14.9. The van der Waals surface area contributed by atoms with Crippen LogP contribution in [0.3, 0.4) is 0 Å². The second kappa shape index (κ2) is 12.5. The molecule has 1 saturated carbocycles. The largest absolute Gasteiger partial charge is 0.444 e. The predicted octanol–water partition coefficient (Wildman–Crippen LogP) is 7.02. The fraction of sp³-hybridized carbons (Fsp3) is 0.581. The molecule has 3 aromatic rings. The van der Waals surface area contributed by atoms with E-state index in [0.29, 0.717) is 19.1 Å². The lowest BCUT2D eigenvalue weighted by atomic mass is 9.95.